The number of imidazole rings is 1. The molecule has 0 radical (unpaired) electrons. The Balaban J connectivity index is 2.10. The van der Waals surface area contributed by atoms with E-state index in [1.54, 1.807) is 0 Å². The molecule has 0 saturated carbocycles. The summed E-state index contributed by atoms with van der Waals surface area (Å²) in [6, 6.07) is 6.17. The number of nitrogens with zero attached hydrogens (tertiary/aromatic N) is 2. The number of amides is 1. The number of aryl methyl sites for hydroxylation is 2. The molecule has 0 unspecified atom stereocenters. The second-order valence-corrected chi connectivity index (χ2v) is 8.54. The van der Waals surface area contributed by atoms with Crippen molar-refractivity contribution in [3.05, 3.63) is 40.7 Å². The second-order valence-electron chi connectivity index (χ2n) is 7.60. The number of nitrogens with one attached hydrogen (secondary N) is 1. The smallest absolute Gasteiger partial charge is 0.234 e. The number of hydrogen-bond acceptors (Lipinski definition) is 3. The van der Waals surface area contributed by atoms with Gasteiger partial charge in [0.2, 0.25) is 5.91 Å². The van der Waals surface area contributed by atoms with E-state index in [0.717, 1.165) is 28.6 Å². The maximum atomic E-state index is 12.6. The number of carbonyl (C=O) groups is 1. The van der Waals surface area contributed by atoms with E-state index in [-0.39, 0.29) is 5.91 Å². The van der Waals surface area contributed by atoms with Gasteiger partial charge in [0.1, 0.15) is 0 Å². The zero-order chi connectivity index (χ0) is 19.4. The van der Waals surface area contributed by atoms with Crippen LogP contribution in [0.2, 0.25) is 0 Å². The van der Waals surface area contributed by atoms with E-state index in [1.165, 1.54) is 23.0 Å². The third-order valence-corrected chi connectivity index (χ3v) is 5.47. The maximum absolute atomic E-state index is 12.6. The van der Waals surface area contributed by atoms with Gasteiger partial charge in [0.05, 0.1) is 11.4 Å². The Kier molecular flexibility index (Phi) is 6.93. The fourth-order valence-electron chi connectivity index (χ4n) is 2.96. The Bertz CT molecular complexity index is 778. The summed E-state index contributed by atoms with van der Waals surface area (Å²) in [5, 5.41) is 4.04. The fraction of sp³-hybridized carbons (Fsp3) is 0.524. The van der Waals surface area contributed by atoms with Crippen molar-refractivity contribution in [2.24, 2.45) is 5.92 Å². The standard InChI is InChI=1S/C21H31N3OS/c1-13(2)11-24-17(7)16(6)22-21(24)26-12-19(25)23-20-15(5)9-8-10-18(20)14(3)4/h8-10,13-14H,11-12H2,1-7H3,(H,23,25). The highest BCUT2D eigenvalue weighted by Gasteiger charge is 2.16. The summed E-state index contributed by atoms with van der Waals surface area (Å²) in [5.74, 6) is 1.28. The third-order valence-electron chi connectivity index (χ3n) is 4.49. The highest BCUT2D eigenvalue weighted by molar-refractivity contribution is 7.99. The number of benzene rings is 1. The van der Waals surface area contributed by atoms with Crippen LogP contribution >= 0.6 is 11.8 Å². The van der Waals surface area contributed by atoms with Crippen LogP contribution in [0, 0.1) is 26.7 Å². The largest absolute Gasteiger partial charge is 0.325 e. The van der Waals surface area contributed by atoms with Gasteiger partial charge in [-0.15, -0.1) is 0 Å². The van der Waals surface area contributed by atoms with Crippen LogP contribution in [0.3, 0.4) is 0 Å². The van der Waals surface area contributed by atoms with Crippen molar-refractivity contribution in [1.29, 1.82) is 0 Å². The fourth-order valence-corrected chi connectivity index (χ4v) is 3.86. The van der Waals surface area contributed by atoms with Gasteiger partial charge in [-0.05, 0) is 43.7 Å². The van der Waals surface area contributed by atoms with Crippen molar-refractivity contribution >= 4 is 23.4 Å². The Morgan fingerprint density at radius 2 is 1.88 bits per heavy atom. The van der Waals surface area contributed by atoms with Crippen LogP contribution in [0.5, 0.6) is 0 Å². The number of hydrogen-bond donors (Lipinski definition) is 1. The van der Waals surface area contributed by atoms with Crippen molar-refractivity contribution < 1.29 is 4.79 Å². The van der Waals surface area contributed by atoms with Crippen LogP contribution in [0.1, 0.15) is 56.1 Å². The first kappa shape index (κ1) is 20.6. The van der Waals surface area contributed by atoms with Crippen LogP contribution in [0.25, 0.3) is 0 Å². The third kappa shape index (κ3) is 4.91. The molecule has 0 atom stereocenters. The Morgan fingerprint density at radius 3 is 2.50 bits per heavy atom. The van der Waals surface area contributed by atoms with Gasteiger partial charge in [0, 0.05) is 17.9 Å². The van der Waals surface area contributed by atoms with E-state index in [0.29, 0.717) is 17.6 Å². The Hall–Kier alpha value is -1.75. The predicted molar refractivity (Wildman–Crippen MR) is 111 cm³/mol. The first-order chi connectivity index (χ1) is 12.2. The molecule has 2 rings (SSSR count). The van der Waals surface area contributed by atoms with E-state index in [2.05, 4.69) is 55.6 Å². The zero-order valence-electron chi connectivity index (χ0n) is 17.0. The van der Waals surface area contributed by atoms with Crippen molar-refractivity contribution in [3.63, 3.8) is 0 Å². The quantitative estimate of drug-likeness (QED) is 0.668. The van der Waals surface area contributed by atoms with Crippen LogP contribution in [0.4, 0.5) is 5.69 Å². The van der Waals surface area contributed by atoms with Gasteiger partial charge in [-0.1, -0.05) is 57.7 Å². The lowest BCUT2D eigenvalue weighted by molar-refractivity contribution is -0.113. The molecule has 0 aliphatic rings. The molecule has 0 fully saturated rings. The molecule has 1 aromatic heterocycles. The first-order valence-electron chi connectivity index (χ1n) is 9.26. The molecule has 0 spiro atoms. The topological polar surface area (TPSA) is 46.9 Å². The minimum Gasteiger partial charge on any atom is -0.325 e. The molecule has 1 N–H and O–H groups in total. The summed E-state index contributed by atoms with van der Waals surface area (Å²) in [6.45, 7) is 15.8. The minimum atomic E-state index is 0.0144. The van der Waals surface area contributed by atoms with Crippen molar-refractivity contribution in [3.8, 4) is 0 Å². The molecule has 0 aliphatic heterocycles. The Labute approximate surface area is 161 Å². The van der Waals surface area contributed by atoms with Gasteiger partial charge < -0.3 is 9.88 Å². The second kappa shape index (κ2) is 8.76. The maximum Gasteiger partial charge on any atom is 0.234 e. The van der Waals surface area contributed by atoms with Crippen LogP contribution in [-0.4, -0.2) is 21.2 Å². The molecule has 0 aliphatic carbocycles. The average Bonchev–Trinajstić information content (AvgIpc) is 2.82. The SMILES string of the molecule is Cc1cccc(C(C)C)c1NC(=O)CSc1nc(C)c(C)n1CC(C)C. The molecule has 5 heteroatoms. The van der Waals surface area contributed by atoms with Crippen LogP contribution < -0.4 is 5.32 Å². The highest BCUT2D eigenvalue weighted by atomic mass is 32.2. The summed E-state index contributed by atoms with van der Waals surface area (Å²) in [7, 11) is 0. The first-order valence-corrected chi connectivity index (χ1v) is 10.2. The lowest BCUT2D eigenvalue weighted by Gasteiger charge is -2.16. The van der Waals surface area contributed by atoms with E-state index >= 15 is 0 Å². The van der Waals surface area contributed by atoms with E-state index in [1.807, 2.05) is 26.0 Å². The van der Waals surface area contributed by atoms with Crippen molar-refractivity contribution in [1.82, 2.24) is 9.55 Å². The van der Waals surface area contributed by atoms with Gasteiger partial charge in [0.25, 0.3) is 0 Å². The number of rotatable bonds is 7. The van der Waals surface area contributed by atoms with Crippen LogP contribution in [0.15, 0.2) is 23.4 Å². The minimum absolute atomic E-state index is 0.0144. The summed E-state index contributed by atoms with van der Waals surface area (Å²) in [5.41, 5.74) is 5.45. The number of carbonyl (C=O) groups excluding carboxylic acids is 1. The lowest BCUT2D eigenvalue weighted by atomic mass is 9.98. The molecule has 2 aromatic rings. The van der Waals surface area contributed by atoms with Crippen LogP contribution in [-0.2, 0) is 11.3 Å². The summed E-state index contributed by atoms with van der Waals surface area (Å²) in [4.78, 5) is 17.2. The number of anilines is 1. The Morgan fingerprint density at radius 1 is 1.19 bits per heavy atom. The van der Waals surface area contributed by atoms with E-state index < -0.39 is 0 Å². The average molecular weight is 374 g/mol. The molecular weight excluding hydrogens is 342 g/mol. The summed E-state index contributed by atoms with van der Waals surface area (Å²) >= 11 is 1.51. The lowest BCUT2D eigenvalue weighted by Crippen LogP contribution is -2.17. The molecule has 1 heterocycles. The molecule has 4 nitrogen and oxygen atoms in total. The number of para-hydroxylation sites is 1. The van der Waals surface area contributed by atoms with E-state index in [9.17, 15) is 4.79 Å². The summed E-state index contributed by atoms with van der Waals surface area (Å²) in [6.07, 6.45) is 0. The van der Waals surface area contributed by atoms with Gasteiger partial charge >= 0.3 is 0 Å². The predicted octanol–water partition coefficient (Wildman–Crippen LogP) is 5.32. The molecule has 0 bridgehead atoms. The summed E-state index contributed by atoms with van der Waals surface area (Å²) < 4.78 is 2.23. The monoisotopic (exact) mass is 373 g/mol. The number of thioether (sulfide) groups is 1. The zero-order valence-corrected chi connectivity index (χ0v) is 17.8. The molecule has 142 valence electrons. The molecule has 1 aromatic carbocycles. The van der Waals surface area contributed by atoms with E-state index in [4.69, 9.17) is 0 Å². The molecule has 26 heavy (non-hydrogen) atoms. The normalized spacial score (nSPS) is 11.4. The molecular formula is C21H31N3OS. The molecule has 1 amide bonds. The van der Waals surface area contributed by atoms with Gasteiger partial charge in [-0.25, -0.2) is 4.98 Å². The highest BCUT2D eigenvalue weighted by Crippen LogP contribution is 2.28. The van der Waals surface area contributed by atoms with Crippen molar-refractivity contribution in [2.75, 3.05) is 11.1 Å². The van der Waals surface area contributed by atoms with Crippen molar-refractivity contribution in [2.45, 2.75) is 66.1 Å². The van der Waals surface area contributed by atoms with Gasteiger partial charge in [-0.2, -0.15) is 0 Å². The number of aromatic nitrogens is 2. The van der Waals surface area contributed by atoms with Gasteiger partial charge in [0.15, 0.2) is 5.16 Å². The molecule has 0 saturated heterocycles. The van der Waals surface area contributed by atoms with Gasteiger partial charge in [-0.3, -0.25) is 4.79 Å².